The molecule has 0 N–H and O–H groups in total. The zero-order valence-corrected chi connectivity index (χ0v) is 8.22. The highest BCUT2D eigenvalue weighted by Crippen LogP contribution is 2.46. The number of halogens is 3. The van der Waals surface area contributed by atoms with Gasteiger partial charge in [-0.3, -0.25) is 0 Å². The number of alkyl halides is 3. The summed E-state index contributed by atoms with van der Waals surface area (Å²) >= 11 is 0. The van der Waals surface area contributed by atoms with E-state index >= 15 is 0 Å². The molecule has 0 amide bonds. The van der Waals surface area contributed by atoms with Gasteiger partial charge in [0.05, 0.1) is 24.2 Å². The average molecular weight is 216 g/mol. The molecule has 1 aliphatic rings. The Morgan fingerprint density at radius 3 is 2.47 bits per heavy atom. The van der Waals surface area contributed by atoms with E-state index in [1.165, 1.54) is 13.2 Å². The lowest BCUT2D eigenvalue weighted by Gasteiger charge is -2.31. The Kier molecular flexibility index (Phi) is 2.80. The molecule has 1 aliphatic carbocycles. The molecule has 0 bridgehead atoms. The fourth-order valence-corrected chi connectivity index (χ4v) is 1.24. The summed E-state index contributed by atoms with van der Waals surface area (Å²) in [5, 5.41) is 8.60. The number of hydrogen-bond donors (Lipinski definition) is 0. The first-order valence-corrected chi connectivity index (χ1v) is 4.13. The molecule has 0 saturated carbocycles. The van der Waals surface area contributed by atoms with Gasteiger partial charge in [-0.15, -0.1) is 0 Å². The van der Waals surface area contributed by atoms with Gasteiger partial charge in [0.15, 0.2) is 0 Å². The van der Waals surface area contributed by atoms with Crippen LogP contribution in [0.4, 0.5) is 13.2 Å². The van der Waals surface area contributed by atoms with E-state index in [0.29, 0.717) is 0 Å². The van der Waals surface area contributed by atoms with Gasteiger partial charge in [-0.05, 0) is 13.0 Å². The van der Waals surface area contributed by atoms with Gasteiger partial charge >= 0.3 is 6.18 Å². The Balaban J connectivity index is 3.14. The standard InChI is InChI=1S/C10H9F3NO/c1-9(10(11,12)13)4-7(6-14)3-8(5-9)15-2/h3-5H,1-2H3. The van der Waals surface area contributed by atoms with Crippen LogP contribution < -0.4 is 0 Å². The highest BCUT2D eigenvalue weighted by molar-refractivity contribution is 5.44. The van der Waals surface area contributed by atoms with E-state index in [4.69, 9.17) is 10.00 Å². The Morgan fingerprint density at radius 1 is 1.47 bits per heavy atom. The third-order valence-corrected chi connectivity index (χ3v) is 2.17. The molecule has 81 valence electrons. The molecule has 1 atom stereocenters. The fourth-order valence-electron chi connectivity index (χ4n) is 1.24. The van der Waals surface area contributed by atoms with Crippen LogP contribution in [0.3, 0.4) is 0 Å². The van der Waals surface area contributed by atoms with E-state index in [1.54, 1.807) is 6.07 Å². The molecule has 2 nitrogen and oxygen atoms in total. The second kappa shape index (κ2) is 3.61. The minimum absolute atomic E-state index is 0.0471. The van der Waals surface area contributed by atoms with Crippen LogP contribution in [0, 0.1) is 23.2 Å². The summed E-state index contributed by atoms with van der Waals surface area (Å²) in [4.78, 5) is 0. The molecule has 0 saturated heterocycles. The second-order valence-corrected chi connectivity index (χ2v) is 3.39. The quantitative estimate of drug-likeness (QED) is 0.675. The van der Waals surface area contributed by atoms with Crippen molar-refractivity contribution < 1.29 is 17.9 Å². The number of rotatable bonds is 1. The maximum absolute atomic E-state index is 12.7. The SMILES string of the molecule is COC1=CC(C#N)=CC(C)(C(F)(F)F)[CH]1. The van der Waals surface area contributed by atoms with Gasteiger partial charge in [0, 0.05) is 6.42 Å². The fraction of sp³-hybridized carbons (Fsp3) is 0.400. The minimum atomic E-state index is -4.44. The van der Waals surface area contributed by atoms with Gasteiger partial charge in [0.25, 0.3) is 0 Å². The van der Waals surface area contributed by atoms with Crippen LogP contribution in [0.1, 0.15) is 6.92 Å². The number of nitriles is 1. The third-order valence-electron chi connectivity index (χ3n) is 2.17. The molecule has 5 heteroatoms. The highest BCUT2D eigenvalue weighted by Gasteiger charge is 2.51. The van der Waals surface area contributed by atoms with Gasteiger partial charge in [-0.2, -0.15) is 18.4 Å². The van der Waals surface area contributed by atoms with Crippen LogP contribution in [-0.2, 0) is 4.74 Å². The van der Waals surface area contributed by atoms with Crippen molar-refractivity contribution in [2.75, 3.05) is 7.11 Å². The largest absolute Gasteiger partial charge is 0.501 e. The summed E-state index contributed by atoms with van der Waals surface area (Å²) in [7, 11) is 1.26. The molecule has 0 aliphatic heterocycles. The number of hydrogen-bond acceptors (Lipinski definition) is 2. The highest BCUT2D eigenvalue weighted by atomic mass is 19.4. The van der Waals surface area contributed by atoms with E-state index in [1.807, 2.05) is 0 Å². The van der Waals surface area contributed by atoms with Gasteiger partial charge in [0.2, 0.25) is 0 Å². The third kappa shape index (κ3) is 2.14. The van der Waals surface area contributed by atoms with E-state index in [9.17, 15) is 13.2 Å². The van der Waals surface area contributed by atoms with Crippen molar-refractivity contribution in [1.82, 2.24) is 0 Å². The predicted molar refractivity (Wildman–Crippen MR) is 47.3 cm³/mol. The average Bonchev–Trinajstić information content (AvgIpc) is 2.15. The first-order valence-electron chi connectivity index (χ1n) is 4.13. The monoisotopic (exact) mass is 216 g/mol. The van der Waals surface area contributed by atoms with Crippen molar-refractivity contribution in [3.05, 3.63) is 29.9 Å². The molecular formula is C10H9F3NO. The van der Waals surface area contributed by atoms with Crippen molar-refractivity contribution in [3.8, 4) is 6.07 Å². The van der Waals surface area contributed by atoms with E-state index in [-0.39, 0.29) is 11.3 Å². The van der Waals surface area contributed by atoms with Crippen LogP contribution >= 0.6 is 0 Å². The summed E-state index contributed by atoms with van der Waals surface area (Å²) in [6.45, 7) is 0.996. The van der Waals surface area contributed by atoms with E-state index in [0.717, 1.165) is 19.4 Å². The normalized spacial score (nSPS) is 26.4. The molecule has 0 aromatic heterocycles. The van der Waals surface area contributed by atoms with Gasteiger partial charge in [0.1, 0.15) is 5.76 Å². The molecule has 0 spiro atoms. The van der Waals surface area contributed by atoms with E-state index < -0.39 is 11.6 Å². The maximum atomic E-state index is 12.7. The molecule has 1 radical (unpaired) electrons. The van der Waals surface area contributed by atoms with Crippen molar-refractivity contribution in [2.24, 2.45) is 5.41 Å². The molecule has 1 unspecified atom stereocenters. The van der Waals surface area contributed by atoms with Crippen molar-refractivity contribution in [1.29, 1.82) is 5.26 Å². The summed E-state index contributed by atoms with van der Waals surface area (Å²) in [6.07, 6.45) is -1.33. The lowest BCUT2D eigenvalue weighted by atomic mass is 9.80. The smallest absolute Gasteiger partial charge is 0.398 e. The maximum Gasteiger partial charge on any atom is 0.398 e. The van der Waals surface area contributed by atoms with E-state index in [2.05, 4.69) is 0 Å². The molecule has 1 rings (SSSR count). The second-order valence-electron chi connectivity index (χ2n) is 3.39. The van der Waals surface area contributed by atoms with Crippen LogP contribution in [0.25, 0.3) is 0 Å². The molecule has 0 aromatic rings. The Bertz CT molecular complexity index is 362. The Hall–Kier alpha value is -1.44. The number of ether oxygens (including phenoxy) is 1. The molecule has 0 heterocycles. The van der Waals surface area contributed by atoms with Gasteiger partial charge in [-0.1, -0.05) is 6.08 Å². The molecular weight excluding hydrogens is 207 g/mol. The Morgan fingerprint density at radius 2 is 2.07 bits per heavy atom. The number of methoxy groups -OCH3 is 1. The lowest BCUT2D eigenvalue weighted by molar-refractivity contribution is -0.189. The number of allylic oxidation sites excluding steroid dienone is 4. The zero-order chi connectivity index (χ0) is 11.7. The van der Waals surface area contributed by atoms with Gasteiger partial charge in [-0.25, -0.2) is 0 Å². The Labute approximate surface area is 85.6 Å². The van der Waals surface area contributed by atoms with Gasteiger partial charge < -0.3 is 4.74 Å². The molecule has 0 aromatic carbocycles. The zero-order valence-electron chi connectivity index (χ0n) is 8.22. The topological polar surface area (TPSA) is 33.0 Å². The minimum Gasteiger partial charge on any atom is -0.501 e. The van der Waals surface area contributed by atoms with Crippen molar-refractivity contribution in [3.63, 3.8) is 0 Å². The lowest BCUT2D eigenvalue weighted by Crippen LogP contribution is -2.36. The predicted octanol–water partition coefficient (Wildman–Crippen LogP) is 2.75. The van der Waals surface area contributed by atoms with Crippen LogP contribution in [-0.4, -0.2) is 13.3 Å². The first kappa shape index (κ1) is 11.6. The summed E-state index contributed by atoms with van der Waals surface area (Å²) < 4.78 is 42.8. The summed E-state index contributed by atoms with van der Waals surface area (Å²) in [5.41, 5.74) is -2.19. The van der Waals surface area contributed by atoms with Crippen molar-refractivity contribution >= 4 is 0 Å². The molecule has 0 fully saturated rings. The summed E-state index contributed by atoms with van der Waals surface area (Å²) in [6, 6.07) is 1.68. The van der Waals surface area contributed by atoms with Crippen LogP contribution in [0.15, 0.2) is 23.5 Å². The van der Waals surface area contributed by atoms with Crippen LogP contribution in [0.5, 0.6) is 0 Å². The summed E-state index contributed by atoms with van der Waals surface area (Å²) in [5.74, 6) is 0.0499. The first-order chi connectivity index (χ1) is 6.82. The molecule has 15 heavy (non-hydrogen) atoms. The number of nitrogens with zero attached hydrogens (tertiary/aromatic N) is 1. The van der Waals surface area contributed by atoms with Crippen LogP contribution in [0.2, 0.25) is 0 Å². The van der Waals surface area contributed by atoms with Crippen molar-refractivity contribution in [2.45, 2.75) is 13.1 Å².